The first-order valence-corrected chi connectivity index (χ1v) is 39.3. The molecule has 0 N–H and O–H groups in total. The third-order valence-corrected chi connectivity index (χ3v) is 25.2. The Morgan fingerprint density at radius 2 is 0.673 bits per heavy atom. The molecule has 0 amide bonds. The highest BCUT2D eigenvalue weighted by molar-refractivity contribution is 7.00. The molecule has 0 radical (unpaired) electrons. The van der Waals surface area contributed by atoms with Gasteiger partial charge in [-0.1, -0.05) is 255 Å². The number of aromatic nitrogens is 5. The fourth-order valence-corrected chi connectivity index (χ4v) is 19.6. The molecule has 2 aliphatic heterocycles. The second-order valence-corrected chi connectivity index (χ2v) is 37.0. The summed E-state index contributed by atoms with van der Waals surface area (Å²) >= 11 is 0. The summed E-state index contributed by atoms with van der Waals surface area (Å²) in [7, 11) is 0. The zero-order chi connectivity index (χ0) is 79.4. The maximum Gasteiger partial charge on any atom is 0.252 e. The highest BCUT2D eigenvalue weighted by atomic mass is 15.1. The van der Waals surface area contributed by atoms with E-state index in [0.717, 1.165) is 115 Å². The topological polar surface area (TPSA) is 24.1 Å². The van der Waals surface area contributed by atoms with E-state index in [-0.39, 0.29) is 63.5 Å². The van der Waals surface area contributed by atoms with Crippen LogP contribution >= 0.6 is 0 Å². The molecule has 0 bridgehead atoms. The molecule has 0 atom stereocenters. The van der Waals surface area contributed by atoms with E-state index in [4.69, 9.17) is 4.11 Å². The molecule has 14 aromatic carbocycles. The summed E-state index contributed by atoms with van der Waals surface area (Å²) in [5, 5.41) is 18.4. The maximum atomic E-state index is 9.55. The number of hydrogen-bond acceptors (Lipinski definition) is 0. The number of rotatable bonds is 3. The quantitative estimate of drug-likeness (QED) is 0.158. The van der Waals surface area contributed by atoms with Gasteiger partial charge in [-0.2, -0.15) is 0 Å². The lowest BCUT2D eigenvalue weighted by molar-refractivity contribution is 0.590. The van der Waals surface area contributed by atoms with Gasteiger partial charge in [0.2, 0.25) is 0 Å². The standard InChI is InChI=1S/C104H88BN5/c1-100(2,3)61-37-43-86-76(49-61)77-50-62(101(4,5)6)38-44-87(77)106(86)66-41-47-91-80(55-66)81-53-65(104(13,14)15)54-83-98(81)110(91)99-94-74-34-25-33-73-71-31-22-20-29-69(71)68-28-19-21-30-70(68)72-32-23-24-35-85(72)108(96(73)74)92(94)58-93-95(99)105(83)84-57-67(56-82-75-48-60(59-26-17-16-18-27-59)36-42-90(75)109(93)97(82)84)107-88-45-39-63(102(7,8)9)51-78(88)79-52-64(103(10,11)12)40-46-89(79)107/h16-58H,1-15H3/i16D,17D,18D,26D,27D. The normalized spacial score (nSPS) is 14.2. The Balaban J connectivity index is 0.960. The number of para-hydroxylation sites is 2. The van der Waals surface area contributed by atoms with Crippen LogP contribution in [-0.4, -0.2) is 29.4 Å². The largest absolute Gasteiger partial charge is 0.310 e. The molecule has 0 saturated carbocycles. The molecule has 22 rings (SSSR count). The minimum absolute atomic E-state index is 0.0646. The summed E-state index contributed by atoms with van der Waals surface area (Å²) < 4.78 is 58.9. The molecule has 0 spiro atoms. The third kappa shape index (κ3) is 8.99. The van der Waals surface area contributed by atoms with Crippen molar-refractivity contribution in [3.63, 3.8) is 0 Å². The van der Waals surface area contributed by atoms with Gasteiger partial charge in [0.15, 0.2) is 0 Å². The zero-order valence-corrected chi connectivity index (χ0v) is 65.3. The van der Waals surface area contributed by atoms with Crippen molar-refractivity contribution in [2.75, 3.05) is 0 Å². The fourth-order valence-electron chi connectivity index (χ4n) is 19.6. The summed E-state index contributed by atoms with van der Waals surface area (Å²) in [6, 6.07) is 87.1. The van der Waals surface area contributed by atoms with E-state index in [1.165, 1.54) is 98.4 Å². The van der Waals surface area contributed by atoms with Crippen LogP contribution in [-0.2, 0) is 27.1 Å². The summed E-state index contributed by atoms with van der Waals surface area (Å²) in [5.41, 5.74) is 26.4. The van der Waals surface area contributed by atoms with Crippen LogP contribution in [0.15, 0.2) is 261 Å². The van der Waals surface area contributed by atoms with Gasteiger partial charge in [-0.05, 0) is 213 Å². The van der Waals surface area contributed by atoms with Crippen LogP contribution in [0, 0.1) is 0 Å². The maximum absolute atomic E-state index is 9.55. The Kier molecular flexibility index (Phi) is 12.0. The summed E-state index contributed by atoms with van der Waals surface area (Å²) in [4.78, 5) is 0. The first kappa shape index (κ1) is 60.1. The number of hydrogen-bond donors (Lipinski definition) is 0. The van der Waals surface area contributed by atoms with Crippen molar-refractivity contribution < 1.29 is 6.85 Å². The van der Waals surface area contributed by atoms with Gasteiger partial charge < -0.3 is 22.7 Å². The Morgan fingerprint density at radius 1 is 0.264 bits per heavy atom. The van der Waals surface area contributed by atoms with Gasteiger partial charge in [-0.3, -0.25) is 0 Å². The lowest BCUT2D eigenvalue weighted by Crippen LogP contribution is -2.59. The van der Waals surface area contributed by atoms with Gasteiger partial charge in [0, 0.05) is 92.7 Å². The highest BCUT2D eigenvalue weighted by Crippen LogP contribution is 2.50. The van der Waals surface area contributed by atoms with Crippen LogP contribution in [0.4, 0.5) is 0 Å². The molecule has 6 heteroatoms. The van der Waals surface area contributed by atoms with E-state index < -0.39 is 6.04 Å². The van der Waals surface area contributed by atoms with Crippen molar-refractivity contribution in [2.24, 2.45) is 0 Å². The molecule has 110 heavy (non-hydrogen) atoms. The Labute approximate surface area is 649 Å². The minimum Gasteiger partial charge on any atom is -0.310 e. The van der Waals surface area contributed by atoms with Crippen LogP contribution in [0.3, 0.4) is 0 Å². The van der Waals surface area contributed by atoms with E-state index in [1.54, 1.807) is 0 Å². The van der Waals surface area contributed by atoms with Crippen LogP contribution in [0.1, 0.15) is 139 Å². The molecule has 532 valence electrons. The molecule has 0 aliphatic carbocycles. The molecule has 20 aromatic rings. The van der Waals surface area contributed by atoms with Gasteiger partial charge in [-0.15, -0.1) is 0 Å². The van der Waals surface area contributed by atoms with Crippen LogP contribution in [0.25, 0.3) is 181 Å². The SMILES string of the molecule is [2H]c1c([2H])c([2H])c(-c2ccc3c(c2)c2cc(-n4c5ccc(C(C)(C)C)cc5c5cc(C(C)(C)C)ccc54)cc4c2n3-c2cc3c(c5c2B4c2cc(C(C)(C)C)cc4c6cc(-n7c8ccc(C(C)(C)C)cc8c8cc(C(C)(C)C)ccc87)ccc6n-5c24)c2cccc4c5ccccc5c5ccccc5c5ccccc5n3c42)c([2H])c1[2H]. The first-order chi connectivity index (χ1) is 54.8. The summed E-state index contributed by atoms with van der Waals surface area (Å²) in [6.07, 6.45) is 0. The molecular weight excluding hydrogens is 1330 g/mol. The van der Waals surface area contributed by atoms with Gasteiger partial charge >= 0.3 is 0 Å². The lowest BCUT2D eigenvalue weighted by Gasteiger charge is -2.35. The van der Waals surface area contributed by atoms with Gasteiger partial charge in [0.1, 0.15) is 0 Å². The molecular formula is C104H88BN5. The monoisotopic (exact) mass is 1420 g/mol. The Hall–Kier alpha value is -11.9. The van der Waals surface area contributed by atoms with E-state index in [9.17, 15) is 2.74 Å². The molecule has 8 heterocycles. The average Bonchev–Trinajstić information content (AvgIpc) is 1.51. The van der Waals surface area contributed by atoms with Crippen molar-refractivity contribution in [3.8, 4) is 33.9 Å². The molecule has 6 aromatic heterocycles. The molecule has 0 unspecified atom stereocenters. The lowest BCUT2D eigenvalue weighted by atomic mass is 9.34. The number of nitrogens with zero attached hydrogens (tertiary/aromatic N) is 5. The van der Waals surface area contributed by atoms with E-state index in [2.05, 4.69) is 351 Å². The first-order valence-electron chi connectivity index (χ1n) is 41.8. The predicted octanol–water partition coefficient (Wildman–Crippen LogP) is 26.0. The second-order valence-electron chi connectivity index (χ2n) is 37.0. The van der Waals surface area contributed by atoms with Crippen LogP contribution < -0.4 is 16.4 Å². The van der Waals surface area contributed by atoms with Crippen LogP contribution in [0.2, 0.25) is 0 Å². The van der Waals surface area contributed by atoms with Gasteiger partial charge in [0.05, 0.1) is 62.2 Å². The third-order valence-electron chi connectivity index (χ3n) is 25.2. The van der Waals surface area contributed by atoms with E-state index in [0.29, 0.717) is 5.56 Å². The Bertz CT molecular complexity index is 7760. The van der Waals surface area contributed by atoms with Gasteiger partial charge in [0.25, 0.3) is 6.71 Å². The average molecular weight is 1420 g/mol. The Morgan fingerprint density at radius 3 is 1.24 bits per heavy atom. The number of fused-ring (bicyclic) bond motifs is 27. The summed E-state index contributed by atoms with van der Waals surface area (Å²) in [6.45, 7) is 34.4. The zero-order valence-electron chi connectivity index (χ0n) is 70.3. The molecule has 0 fully saturated rings. The van der Waals surface area contributed by atoms with Crippen molar-refractivity contribution in [1.29, 1.82) is 0 Å². The minimum atomic E-state index is -0.416. The molecule has 0 saturated heterocycles. The van der Waals surface area contributed by atoms with Crippen molar-refractivity contribution >= 4 is 170 Å². The van der Waals surface area contributed by atoms with Crippen LogP contribution in [0.5, 0.6) is 0 Å². The van der Waals surface area contributed by atoms with Crippen molar-refractivity contribution in [2.45, 2.75) is 131 Å². The second kappa shape index (κ2) is 22.0. The highest BCUT2D eigenvalue weighted by Gasteiger charge is 2.44. The van der Waals surface area contributed by atoms with Crippen molar-refractivity contribution in [3.05, 3.63) is 289 Å². The van der Waals surface area contributed by atoms with E-state index >= 15 is 0 Å². The molecule has 5 nitrogen and oxygen atoms in total. The van der Waals surface area contributed by atoms with Crippen molar-refractivity contribution in [1.82, 2.24) is 22.7 Å². The number of benzene rings is 14. The van der Waals surface area contributed by atoms with Gasteiger partial charge in [-0.25, -0.2) is 0 Å². The summed E-state index contributed by atoms with van der Waals surface area (Å²) in [5.74, 6) is 0. The predicted molar refractivity (Wildman–Crippen MR) is 475 cm³/mol. The fraction of sp³-hybridized carbons (Fsp3) is 0.192. The molecule has 2 aliphatic rings. The van der Waals surface area contributed by atoms with E-state index in [1.807, 2.05) is 6.07 Å². The smallest absolute Gasteiger partial charge is 0.252 e.